The van der Waals surface area contributed by atoms with Crippen LogP contribution in [0.5, 0.6) is 0 Å². The summed E-state index contributed by atoms with van der Waals surface area (Å²) < 4.78 is 9.80. The molecule has 0 heterocycles. The molecule has 0 aromatic heterocycles. The minimum atomic E-state index is -0.666. The number of anilines is 1. The molecular weight excluding hydrogens is 252 g/mol. The molecule has 0 aliphatic carbocycles. The van der Waals surface area contributed by atoms with Crippen LogP contribution in [0.4, 0.5) is 11.4 Å². The molecule has 19 heavy (non-hydrogen) atoms. The molecule has 7 nitrogen and oxygen atoms in total. The van der Waals surface area contributed by atoms with E-state index in [9.17, 15) is 14.9 Å². The maximum Gasteiger partial charge on any atom is 0.340 e. The number of benzene rings is 1. The summed E-state index contributed by atoms with van der Waals surface area (Å²) >= 11 is 0. The lowest BCUT2D eigenvalue weighted by molar-refractivity contribution is -0.384. The van der Waals surface area contributed by atoms with Crippen molar-refractivity contribution >= 4 is 17.3 Å². The smallest absolute Gasteiger partial charge is 0.340 e. The standard InChI is InChI=1S/C12H16N2O5/c1-8-6-9(11(13)10(7-8)14(16)17)12(15)19-5-3-4-18-2/h6-7H,3-5,13H2,1-2H3. The molecule has 1 aromatic carbocycles. The van der Waals surface area contributed by atoms with Gasteiger partial charge in [0.25, 0.3) is 5.69 Å². The van der Waals surface area contributed by atoms with Crippen LogP contribution in [-0.4, -0.2) is 31.2 Å². The van der Waals surface area contributed by atoms with Gasteiger partial charge in [0.1, 0.15) is 5.69 Å². The second-order valence-electron chi connectivity index (χ2n) is 3.98. The third-order valence-corrected chi connectivity index (χ3v) is 2.45. The fraction of sp³-hybridized carbons (Fsp3) is 0.417. The van der Waals surface area contributed by atoms with E-state index in [0.717, 1.165) is 0 Å². The summed E-state index contributed by atoms with van der Waals surface area (Å²) in [6, 6.07) is 2.79. The number of ether oxygens (including phenoxy) is 2. The molecule has 0 saturated carbocycles. The van der Waals surface area contributed by atoms with Gasteiger partial charge in [-0.15, -0.1) is 0 Å². The fourth-order valence-corrected chi connectivity index (χ4v) is 1.54. The fourth-order valence-electron chi connectivity index (χ4n) is 1.54. The van der Waals surface area contributed by atoms with E-state index in [1.54, 1.807) is 14.0 Å². The minimum absolute atomic E-state index is 0.0177. The molecule has 1 aromatic rings. The summed E-state index contributed by atoms with van der Waals surface area (Å²) in [6.45, 7) is 2.29. The van der Waals surface area contributed by atoms with Crippen molar-refractivity contribution in [3.05, 3.63) is 33.4 Å². The molecule has 0 aliphatic rings. The van der Waals surface area contributed by atoms with Crippen molar-refractivity contribution in [1.29, 1.82) is 0 Å². The Morgan fingerprint density at radius 3 is 2.68 bits per heavy atom. The van der Waals surface area contributed by atoms with Crippen molar-refractivity contribution in [1.82, 2.24) is 0 Å². The number of nitro groups is 1. The Labute approximate surface area is 110 Å². The number of esters is 1. The number of hydrogen-bond acceptors (Lipinski definition) is 6. The maximum absolute atomic E-state index is 11.8. The SMILES string of the molecule is COCCCOC(=O)c1cc(C)cc([N+](=O)[O-])c1N. The number of nitrogens with zero attached hydrogens (tertiary/aromatic N) is 1. The lowest BCUT2D eigenvalue weighted by atomic mass is 10.1. The molecule has 0 unspecified atom stereocenters. The van der Waals surface area contributed by atoms with Gasteiger partial charge in [-0.05, 0) is 18.6 Å². The highest BCUT2D eigenvalue weighted by Crippen LogP contribution is 2.27. The summed E-state index contributed by atoms with van der Waals surface area (Å²) in [5, 5.41) is 10.8. The average molecular weight is 268 g/mol. The van der Waals surface area contributed by atoms with Crippen LogP contribution >= 0.6 is 0 Å². The predicted octanol–water partition coefficient (Wildman–Crippen LogP) is 1.68. The molecular formula is C12H16N2O5. The van der Waals surface area contributed by atoms with Gasteiger partial charge in [-0.25, -0.2) is 4.79 Å². The topological polar surface area (TPSA) is 105 Å². The van der Waals surface area contributed by atoms with Crippen molar-refractivity contribution < 1.29 is 19.2 Å². The molecule has 104 valence electrons. The van der Waals surface area contributed by atoms with Gasteiger partial charge in [-0.1, -0.05) is 0 Å². The van der Waals surface area contributed by atoms with Gasteiger partial charge in [0.15, 0.2) is 0 Å². The van der Waals surface area contributed by atoms with Crippen molar-refractivity contribution in [2.24, 2.45) is 0 Å². The quantitative estimate of drug-likeness (QED) is 0.277. The van der Waals surface area contributed by atoms with E-state index < -0.39 is 10.9 Å². The Kier molecular flexibility index (Phi) is 5.25. The summed E-state index contributed by atoms with van der Waals surface area (Å²) in [5.74, 6) is -0.666. The largest absolute Gasteiger partial charge is 0.462 e. The average Bonchev–Trinajstić information content (AvgIpc) is 2.36. The van der Waals surface area contributed by atoms with Crippen LogP contribution in [0.25, 0.3) is 0 Å². The Morgan fingerprint density at radius 1 is 1.42 bits per heavy atom. The van der Waals surface area contributed by atoms with Crippen LogP contribution in [0.15, 0.2) is 12.1 Å². The lowest BCUT2D eigenvalue weighted by Crippen LogP contribution is -2.12. The van der Waals surface area contributed by atoms with Crippen LogP contribution in [-0.2, 0) is 9.47 Å². The number of carbonyl (C=O) groups is 1. The van der Waals surface area contributed by atoms with Crippen LogP contribution in [0.1, 0.15) is 22.3 Å². The summed E-state index contributed by atoms with van der Waals surface area (Å²) in [7, 11) is 1.55. The molecule has 0 spiro atoms. The highest BCUT2D eigenvalue weighted by atomic mass is 16.6. The third-order valence-electron chi connectivity index (χ3n) is 2.45. The minimum Gasteiger partial charge on any atom is -0.462 e. The van der Waals surface area contributed by atoms with Crippen LogP contribution < -0.4 is 5.73 Å². The van der Waals surface area contributed by atoms with Gasteiger partial charge in [0.05, 0.1) is 17.1 Å². The number of nitrogen functional groups attached to an aromatic ring is 1. The first-order valence-electron chi connectivity index (χ1n) is 5.68. The van der Waals surface area contributed by atoms with Gasteiger partial charge in [-0.3, -0.25) is 10.1 Å². The predicted molar refractivity (Wildman–Crippen MR) is 69.0 cm³/mol. The highest BCUT2D eigenvalue weighted by Gasteiger charge is 2.21. The summed E-state index contributed by atoms with van der Waals surface area (Å²) in [4.78, 5) is 22.0. The van der Waals surface area contributed by atoms with Crippen molar-refractivity contribution in [2.75, 3.05) is 26.1 Å². The van der Waals surface area contributed by atoms with E-state index in [-0.39, 0.29) is 23.5 Å². The second-order valence-corrected chi connectivity index (χ2v) is 3.98. The highest BCUT2D eigenvalue weighted by molar-refractivity contribution is 5.97. The van der Waals surface area contributed by atoms with Crippen molar-refractivity contribution in [3.8, 4) is 0 Å². The van der Waals surface area contributed by atoms with Crippen LogP contribution in [0.2, 0.25) is 0 Å². The van der Waals surface area contributed by atoms with Crippen molar-refractivity contribution in [3.63, 3.8) is 0 Å². The Balaban J connectivity index is 2.88. The number of aryl methyl sites for hydroxylation is 1. The van der Waals surface area contributed by atoms with Gasteiger partial charge in [0.2, 0.25) is 0 Å². The van der Waals surface area contributed by atoms with E-state index >= 15 is 0 Å². The molecule has 0 amide bonds. The number of carbonyl (C=O) groups excluding carboxylic acids is 1. The van der Waals surface area contributed by atoms with E-state index in [1.807, 2.05) is 0 Å². The molecule has 0 atom stereocenters. The molecule has 7 heteroatoms. The zero-order valence-electron chi connectivity index (χ0n) is 10.8. The zero-order chi connectivity index (χ0) is 14.4. The Hall–Kier alpha value is -2.15. The van der Waals surface area contributed by atoms with E-state index in [4.69, 9.17) is 15.2 Å². The maximum atomic E-state index is 11.8. The number of nitro benzene ring substituents is 1. The molecule has 1 rings (SSSR count). The molecule has 0 saturated heterocycles. The number of rotatable bonds is 6. The first-order valence-corrected chi connectivity index (χ1v) is 5.68. The van der Waals surface area contributed by atoms with Gasteiger partial charge in [0, 0.05) is 26.2 Å². The molecule has 0 radical (unpaired) electrons. The van der Waals surface area contributed by atoms with Crippen molar-refractivity contribution in [2.45, 2.75) is 13.3 Å². The Morgan fingerprint density at radius 2 is 2.11 bits per heavy atom. The van der Waals surface area contributed by atoms with E-state index in [2.05, 4.69) is 0 Å². The molecule has 2 N–H and O–H groups in total. The van der Waals surface area contributed by atoms with Gasteiger partial charge in [-0.2, -0.15) is 0 Å². The molecule has 0 aliphatic heterocycles. The third kappa shape index (κ3) is 3.92. The summed E-state index contributed by atoms with van der Waals surface area (Å²) in [6.07, 6.45) is 0.552. The number of nitrogens with two attached hydrogens (primary N) is 1. The Bertz CT molecular complexity index is 487. The number of methoxy groups -OCH3 is 1. The van der Waals surface area contributed by atoms with Crippen LogP contribution in [0.3, 0.4) is 0 Å². The molecule has 0 bridgehead atoms. The van der Waals surface area contributed by atoms with Gasteiger partial charge >= 0.3 is 5.97 Å². The lowest BCUT2D eigenvalue weighted by Gasteiger charge is -2.08. The van der Waals surface area contributed by atoms with E-state index in [0.29, 0.717) is 18.6 Å². The number of hydrogen-bond donors (Lipinski definition) is 1. The van der Waals surface area contributed by atoms with E-state index in [1.165, 1.54) is 12.1 Å². The first kappa shape index (κ1) is 14.9. The summed E-state index contributed by atoms with van der Waals surface area (Å²) in [5.41, 5.74) is 5.75. The van der Waals surface area contributed by atoms with Crippen LogP contribution in [0, 0.1) is 17.0 Å². The second kappa shape index (κ2) is 6.69. The first-order chi connectivity index (χ1) is 8.97. The molecule has 0 fully saturated rings. The zero-order valence-corrected chi connectivity index (χ0v) is 10.8. The normalized spacial score (nSPS) is 10.2. The monoisotopic (exact) mass is 268 g/mol. The van der Waals surface area contributed by atoms with Gasteiger partial charge < -0.3 is 15.2 Å².